The summed E-state index contributed by atoms with van der Waals surface area (Å²) in [6, 6.07) is 3.24. The molecule has 0 unspecified atom stereocenters. The topological polar surface area (TPSA) is 62.9 Å². The standard InChI is InChI=1S/C16H21NO4/c1-15(2,19)8-7-12-5-6-13(21-12)14(18)17(4)9-16(3)10-20-11-16/h5-6,19H,9-11H2,1-4H3. The zero-order valence-corrected chi connectivity index (χ0v) is 12.9. The minimum Gasteiger partial charge on any atom is -0.443 e. The van der Waals surface area contributed by atoms with Crippen molar-refractivity contribution in [1.82, 2.24) is 4.90 Å². The lowest BCUT2D eigenvalue weighted by molar-refractivity contribution is -0.109. The predicted molar refractivity (Wildman–Crippen MR) is 77.8 cm³/mol. The maximum absolute atomic E-state index is 12.3. The van der Waals surface area contributed by atoms with Gasteiger partial charge in [0, 0.05) is 19.0 Å². The fourth-order valence-electron chi connectivity index (χ4n) is 2.11. The van der Waals surface area contributed by atoms with E-state index in [1.165, 1.54) is 0 Å². The highest BCUT2D eigenvalue weighted by Gasteiger charge is 2.36. The molecule has 2 heterocycles. The first-order valence-corrected chi connectivity index (χ1v) is 6.87. The van der Waals surface area contributed by atoms with Crippen LogP contribution in [-0.2, 0) is 4.74 Å². The molecular weight excluding hydrogens is 270 g/mol. The summed E-state index contributed by atoms with van der Waals surface area (Å²) in [6.45, 7) is 7.23. The number of ether oxygens (including phenoxy) is 1. The van der Waals surface area contributed by atoms with Crippen molar-refractivity contribution in [1.29, 1.82) is 0 Å². The molecule has 0 saturated carbocycles. The second-order valence-corrected chi connectivity index (χ2v) is 6.44. The molecule has 0 aliphatic carbocycles. The van der Waals surface area contributed by atoms with Crippen molar-refractivity contribution in [2.45, 2.75) is 26.4 Å². The molecule has 0 aromatic carbocycles. The Balaban J connectivity index is 2.02. The molecule has 1 fully saturated rings. The highest BCUT2D eigenvalue weighted by molar-refractivity contribution is 5.91. The number of carbonyl (C=O) groups is 1. The van der Waals surface area contributed by atoms with Crippen molar-refractivity contribution < 1.29 is 19.1 Å². The van der Waals surface area contributed by atoms with Gasteiger partial charge in [-0.2, -0.15) is 0 Å². The monoisotopic (exact) mass is 291 g/mol. The van der Waals surface area contributed by atoms with Crippen LogP contribution in [0.2, 0.25) is 0 Å². The molecule has 1 aliphatic heterocycles. The van der Waals surface area contributed by atoms with Gasteiger partial charge in [0.1, 0.15) is 5.60 Å². The summed E-state index contributed by atoms with van der Waals surface area (Å²) in [5, 5.41) is 9.54. The highest BCUT2D eigenvalue weighted by Crippen LogP contribution is 2.27. The zero-order chi connectivity index (χ0) is 15.7. The molecule has 114 valence electrons. The maximum Gasteiger partial charge on any atom is 0.289 e. The maximum atomic E-state index is 12.3. The van der Waals surface area contributed by atoms with E-state index in [1.807, 2.05) is 0 Å². The van der Waals surface area contributed by atoms with E-state index >= 15 is 0 Å². The minimum absolute atomic E-state index is 0.0283. The number of hydrogen-bond acceptors (Lipinski definition) is 4. The largest absolute Gasteiger partial charge is 0.443 e. The van der Waals surface area contributed by atoms with Gasteiger partial charge >= 0.3 is 0 Å². The van der Waals surface area contributed by atoms with Crippen LogP contribution in [0.25, 0.3) is 0 Å². The van der Waals surface area contributed by atoms with Crippen LogP contribution in [0.5, 0.6) is 0 Å². The second kappa shape index (κ2) is 5.55. The van der Waals surface area contributed by atoms with Crippen LogP contribution in [0.4, 0.5) is 0 Å². The van der Waals surface area contributed by atoms with Gasteiger partial charge in [-0.05, 0) is 31.9 Å². The quantitative estimate of drug-likeness (QED) is 0.858. The number of carbonyl (C=O) groups excluding carboxylic acids is 1. The Hall–Kier alpha value is -1.77. The normalized spacial score (nSPS) is 16.6. The Bertz CT molecular complexity index is 581. The van der Waals surface area contributed by atoms with Crippen LogP contribution in [0.15, 0.2) is 16.5 Å². The van der Waals surface area contributed by atoms with E-state index in [9.17, 15) is 9.90 Å². The van der Waals surface area contributed by atoms with E-state index in [-0.39, 0.29) is 17.1 Å². The summed E-state index contributed by atoms with van der Waals surface area (Å²) in [5.74, 6) is 5.80. The number of aliphatic hydroxyl groups is 1. The van der Waals surface area contributed by atoms with E-state index in [2.05, 4.69) is 18.8 Å². The molecule has 5 heteroatoms. The zero-order valence-electron chi connectivity index (χ0n) is 12.9. The molecule has 1 aromatic heterocycles. The first-order valence-electron chi connectivity index (χ1n) is 6.87. The third-order valence-electron chi connectivity index (χ3n) is 3.18. The van der Waals surface area contributed by atoms with Crippen LogP contribution in [0.3, 0.4) is 0 Å². The SMILES string of the molecule is CN(CC1(C)COC1)C(=O)c1ccc(C#CC(C)(C)O)o1. The molecule has 0 spiro atoms. The summed E-state index contributed by atoms with van der Waals surface area (Å²) >= 11 is 0. The predicted octanol–water partition coefficient (Wildman–Crippen LogP) is 1.51. The Labute approximate surface area is 124 Å². The van der Waals surface area contributed by atoms with E-state index < -0.39 is 5.60 Å². The molecule has 1 saturated heterocycles. The van der Waals surface area contributed by atoms with Crippen LogP contribution in [0.1, 0.15) is 37.1 Å². The van der Waals surface area contributed by atoms with Gasteiger partial charge in [-0.15, -0.1) is 0 Å². The van der Waals surface area contributed by atoms with E-state index in [0.717, 1.165) is 0 Å². The molecule has 1 N–H and O–H groups in total. The van der Waals surface area contributed by atoms with Crippen LogP contribution in [-0.4, -0.2) is 48.3 Å². The van der Waals surface area contributed by atoms with Crippen molar-refractivity contribution >= 4 is 5.91 Å². The lowest BCUT2D eigenvalue weighted by Crippen LogP contribution is -2.49. The minimum atomic E-state index is -1.09. The van der Waals surface area contributed by atoms with Crippen LogP contribution < -0.4 is 0 Å². The Morgan fingerprint density at radius 2 is 2.14 bits per heavy atom. The molecular formula is C16H21NO4. The summed E-state index contributed by atoms with van der Waals surface area (Å²) < 4.78 is 10.6. The number of nitrogens with zero attached hydrogens (tertiary/aromatic N) is 1. The van der Waals surface area contributed by atoms with Gasteiger partial charge in [-0.3, -0.25) is 4.79 Å². The van der Waals surface area contributed by atoms with Gasteiger partial charge in [0.05, 0.1) is 13.2 Å². The van der Waals surface area contributed by atoms with Crippen molar-refractivity contribution in [2.75, 3.05) is 26.8 Å². The second-order valence-electron chi connectivity index (χ2n) is 6.44. The van der Waals surface area contributed by atoms with Gasteiger partial charge in [-0.25, -0.2) is 0 Å². The van der Waals surface area contributed by atoms with Crippen molar-refractivity contribution in [2.24, 2.45) is 5.41 Å². The molecule has 0 atom stereocenters. The summed E-state index contributed by atoms with van der Waals surface area (Å²) in [5.41, 5.74) is -1.06. The summed E-state index contributed by atoms with van der Waals surface area (Å²) in [7, 11) is 1.75. The van der Waals surface area contributed by atoms with E-state index in [1.54, 1.807) is 37.9 Å². The molecule has 1 amide bonds. The third-order valence-corrected chi connectivity index (χ3v) is 3.18. The Morgan fingerprint density at radius 1 is 1.48 bits per heavy atom. The first-order chi connectivity index (χ1) is 9.69. The van der Waals surface area contributed by atoms with Gasteiger partial charge in [-0.1, -0.05) is 12.8 Å². The average Bonchev–Trinajstić information content (AvgIpc) is 2.81. The number of furan rings is 1. The molecule has 5 nitrogen and oxygen atoms in total. The van der Waals surface area contributed by atoms with E-state index in [4.69, 9.17) is 9.15 Å². The average molecular weight is 291 g/mol. The van der Waals surface area contributed by atoms with Crippen molar-refractivity contribution in [3.05, 3.63) is 23.7 Å². The lowest BCUT2D eigenvalue weighted by Gasteiger charge is -2.40. The van der Waals surface area contributed by atoms with E-state index in [0.29, 0.717) is 25.5 Å². The summed E-state index contributed by atoms with van der Waals surface area (Å²) in [6.07, 6.45) is 0. The lowest BCUT2D eigenvalue weighted by atomic mass is 9.88. The molecule has 0 radical (unpaired) electrons. The number of amides is 1. The molecule has 0 bridgehead atoms. The fourth-order valence-corrected chi connectivity index (χ4v) is 2.11. The smallest absolute Gasteiger partial charge is 0.289 e. The van der Waals surface area contributed by atoms with Crippen LogP contribution in [0, 0.1) is 17.3 Å². The molecule has 1 aliphatic rings. The van der Waals surface area contributed by atoms with Gasteiger partial charge in [0.15, 0.2) is 11.5 Å². The molecule has 2 rings (SSSR count). The summed E-state index contributed by atoms with van der Waals surface area (Å²) in [4.78, 5) is 13.9. The van der Waals surface area contributed by atoms with Gasteiger partial charge in [0.2, 0.25) is 0 Å². The molecule has 21 heavy (non-hydrogen) atoms. The Morgan fingerprint density at radius 3 is 2.67 bits per heavy atom. The number of rotatable bonds is 3. The highest BCUT2D eigenvalue weighted by atomic mass is 16.5. The van der Waals surface area contributed by atoms with Crippen molar-refractivity contribution in [3.63, 3.8) is 0 Å². The van der Waals surface area contributed by atoms with Crippen molar-refractivity contribution in [3.8, 4) is 11.8 Å². The number of hydrogen-bond donors (Lipinski definition) is 1. The fraction of sp³-hybridized carbons (Fsp3) is 0.562. The molecule has 1 aromatic rings. The van der Waals surface area contributed by atoms with Gasteiger partial charge in [0.25, 0.3) is 5.91 Å². The first kappa shape index (κ1) is 15.6. The van der Waals surface area contributed by atoms with Gasteiger partial charge < -0.3 is 19.2 Å². The third kappa shape index (κ3) is 4.10. The van der Waals surface area contributed by atoms with Crippen LogP contribution >= 0.6 is 0 Å². The Kier molecular flexibility index (Phi) is 4.13.